The Balaban J connectivity index is 1.84. The van der Waals surface area contributed by atoms with Crippen molar-refractivity contribution in [2.24, 2.45) is 5.92 Å². The van der Waals surface area contributed by atoms with Crippen LogP contribution in [-0.2, 0) is 0 Å². The van der Waals surface area contributed by atoms with E-state index in [1.807, 2.05) is 6.92 Å². The molecule has 2 unspecified atom stereocenters. The number of anilines is 1. The predicted octanol–water partition coefficient (Wildman–Crippen LogP) is 2.67. The lowest BCUT2D eigenvalue weighted by atomic mass is 10.0. The topological polar surface area (TPSA) is 23.5 Å². The van der Waals surface area contributed by atoms with Crippen molar-refractivity contribution in [3.8, 4) is 0 Å². The molecule has 0 aliphatic carbocycles. The summed E-state index contributed by atoms with van der Waals surface area (Å²) in [5.74, 6) is 0.759. The van der Waals surface area contributed by atoms with Gasteiger partial charge in [0.25, 0.3) is 0 Å². The van der Waals surface area contributed by atoms with Crippen molar-refractivity contribution in [2.75, 3.05) is 18.0 Å². The van der Waals surface area contributed by atoms with Crippen LogP contribution in [-0.4, -0.2) is 24.3 Å². The maximum absolute atomic E-state index is 9.28. The highest BCUT2D eigenvalue weighted by Gasteiger charge is 2.22. The average Bonchev–Trinajstić information content (AvgIpc) is 2.76. The molecule has 1 fully saturated rings. The summed E-state index contributed by atoms with van der Waals surface area (Å²) < 4.78 is 0. The van der Waals surface area contributed by atoms with Gasteiger partial charge in [-0.05, 0) is 44.2 Å². The summed E-state index contributed by atoms with van der Waals surface area (Å²) in [6.45, 7) is 4.19. The molecule has 1 aliphatic rings. The van der Waals surface area contributed by atoms with Crippen LogP contribution in [0.2, 0.25) is 0 Å². The largest absolute Gasteiger partial charge is 0.393 e. The van der Waals surface area contributed by atoms with Crippen LogP contribution in [0, 0.1) is 5.92 Å². The molecule has 2 nitrogen and oxygen atoms in total. The van der Waals surface area contributed by atoms with E-state index in [0.717, 1.165) is 31.8 Å². The lowest BCUT2D eigenvalue weighted by Crippen LogP contribution is -2.19. The molecule has 0 radical (unpaired) electrons. The van der Waals surface area contributed by atoms with Gasteiger partial charge in [-0.1, -0.05) is 18.2 Å². The van der Waals surface area contributed by atoms with Crippen molar-refractivity contribution in [3.63, 3.8) is 0 Å². The average molecular weight is 219 g/mol. The minimum Gasteiger partial charge on any atom is -0.393 e. The molecule has 0 spiro atoms. The molecule has 1 aromatic rings. The monoisotopic (exact) mass is 219 g/mol. The van der Waals surface area contributed by atoms with Crippen molar-refractivity contribution < 1.29 is 5.11 Å². The second-order valence-corrected chi connectivity index (χ2v) is 4.86. The molecule has 0 aromatic heterocycles. The molecule has 2 rings (SSSR count). The fraction of sp³-hybridized carbons (Fsp3) is 0.571. The summed E-state index contributed by atoms with van der Waals surface area (Å²) in [5.41, 5.74) is 1.34. The van der Waals surface area contributed by atoms with E-state index >= 15 is 0 Å². The first kappa shape index (κ1) is 11.5. The fourth-order valence-electron chi connectivity index (χ4n) is 2.42. The van der Waals surface area contributed by atoms with Gasteiger partial charge in [-0.25, -0.2) is 0 Å². The third kappa shape index (κ3) is 2.99. The van der Waals surface area contributed by atoms with Gasteiger partial charge in [0.15, 0.2) is 0 Å². The number of aliphatic hydroxyl groups excluding tert-OH is 1. The zero-order valence-electron chi connectivity index (χ0n) is 9.97. The molecule has 1 N–H and O–H groups in total. The summed E-state index contributed by atoms with van der Waals surface area (Å²) in [4.78, 5) is 2.45. The third-order valence-corrected chi connectivity index (χ3v) is 3.40. The molecule has 1 aliphatic heterocycles. The summed E-state index contributed by atoms with van der Waals surface area (Å²) in [5, 5.41) is 9.28. The minimum atomic E-state index is -0.147. The van der Waals surface area contributed by atoms with Gasteiger partial charge in [0.05, 0.1) is 6.10 Å². The second-order valence-electron chi connectivity index (χ2n) is 4.86. The summed E-state index contributed by atoms with van der Waals surface area (Å²) in [6, 6.07) is 10.6. The van der Waals surface area contributed by atoms with Gasteiger partial charge in [0.1, 0.15) is 0 Å². The van der Waals surface area contributed by atoms with Gasteiger partial charge in [-0.15, -0.1) is 0 Å². The lowest BCUT2D eigenvalue weighted by Gasteiger charge is -2.18. The van der Waals surface area contributed by atoms with Crippen LogP contribution < -0.4 is 4.90 Å². The third-order valence-electron chi connectivity index (χ3n) is 3.40. The number of para-hydroxylation sites is 1. The predicted molar refractivity (Wildman–Crippen MR) is 67.7 cm³/mol. The molecular formula is C14H21NO. The first-order valence-corrected chi connectivity index (χ1v) is 6.24. The summed E-state index contributed by atoms with van der Waals surface area (Å²) in [7, 11) is 0. The van der Waals surface area contributed by atoms with Crippen molar-refractivity contribution in [2.45, 2.75) is 32.3 Å². The molecule has 88 valence electrons. The molecule has 0 amide bonds. The van der Waals surface area contributed by atoms with Gasteiger partial charge in [0.2, 0.25) is 0 Å². The Bertz CT molecular complexity index is 310. The molecule has 1 heterocycles. The van der Waals surface area contributed by atoms with E-state index in [-0.39, 0.29) is 6.10 Å². The number of hydrogen-bond acceptors (Lipinski definition) is 2. The van der Waals surface area contributed by atoms with E-state index in [1.165, 1.54) is 12.1 Å². The van der Waals surface area contributed by atoms with Gasteiger partial charge in [-0.2, -0.15) is 0 Å². The van der Waals surface area contributed by atoms with Gasteiger partial charge in [0, 0.05) is 18.8 Å². The van der Waals surface area contributed by atoms with Gasteiger partial charge >= 0.3 is 0 Å². The molecule has 2 heteroatoms. The van der Waals surface area contributed by atoms with Crippen LogP contribution in [0.25, 0.3) is 0 Å². The van der Waals surface area contributed by atoms with Crippen molar-refractivity contribution in [1.82, 2.24) is 0 Å². The zero-order valence-corrected chi connectivity index (χ0v) is 9.97. The molecular weight excluding hydrogens is 198 g/mol. The van der Waals surface area contributed by atoms with Crippen LogP contribution in [0.4, 0.5) is 5.69 Å². The maximum Gasteiger partial charge on any atom is 0.0512 e. The lowest BCUT2D eigenvalue weighted by molar-refractivity contribution is 0.175. The number of nitrogens with zero attached hydrogens (tertiary/aromatic N) is 1. The van der Waals surface area contributed by atoms with Crippen LogP contribution in [0.5, 0.6) is 0 Å². The zero-order chi connectivity index (χ0) is 11.4. The van der Waals surface area contributed by atoms with Gasteiger partial charge < -0.3 is 10.0 Å². The highest BCUT2D eigenvalue weighted by Crippen LogP contribution is 2.26. The van der Waals surface area contributed by atoms with Crippen molar-refractivity contribution in [1.29, 1.82) is 0 Å². The first-order valence-electron chi connectivity index (χ1n) is 6.24. The van der Waals surface area contributed by atoms with E-state index in [4.69, 9.17) is 0 Å². The van der Waals surface area contributed by atoms with E-state index in [0.29, 0.717) is 0 Å². The molecule has 16 heavy (non-hydrogen) atoms. The fourth-order valence-corrected chi connectivity index (χ4v) is 2.42. The number of rotatable bonds is 4. The molecule has 1 saturated heterocycles. The SMILES string of the molecule is CC(O)CCC1CCN(c2ccccc2)C1. The van der Waals surface area contributed by atoms with E-state index in [9.17, 15) is 5.11 Å². The quantitative estimate of drug-likeness (QED) is 0.841. The van der Waals surface area contributed by atoms with Crippen LogP contribution in [0.15, 0.2) is 30.3 Å². The molecule has 2 atom stereocenters. The molecule has 0 saturated carbocycles. The van der Waals surface area contributed by atoms with E-state index in [2.05, 4.69) is 35.2 Å². The number of hydrogen-bond donors (Lipinski definition) is 1. The van der Waals surface area contributed by atoms with E-state index < -0.39 is 0 Å². The highest BCUT2D eigenvalue weighted by atomic mass is 16.3. The van der Waals surface area contributed by atoms with Crippen molar-refractivity contribution >= 4 is 5.69 Å². The highest BCUT2D eigenvalue weighted by molar-refractivity contribution is 5.46. The Morgan fingerprint density at radius 2 is 2.12 bits per heavy atom. The minimum absolute atomic E-state index is 0.147. The smallest absolute Gasteiger partial charge is 0.0512 e. The van der Waals surface area contributed by atoms with Crippen LogP contribution in [0.3, 0.4) is 0 Å². The Hall–Kier alpha value is -1.02. The summed E-state index contributed by atoms with van der Waals surface area (Å²) >= 11 is 0. The van der Waals surface area contributed by atoms with Crippen LogP contribution >= 0.6 is 0 Å². The standard InChI is InChI=1S/C14H21NO/c1-12(16)7-8-13-9-10-15(11-13)14-5-3-2-4-6-14/h2-6,12-13,16H,7-11H2,1H3. The Morgan fingerprint density at radius 1 is 1.38 bits per heavy atom. The van der Waals surface area contributed by atoms with Crippen molar-refractivity contribution in [3.05, 3.63) is 30.3 Å². The van der Waals surface area contributed by atoms with E-state index in [1.54, 1.807) is 0 Å². The number of aliphatic hydroxyl groups is 1. The Kier molecular flexibility index (Phi) is 3.83. The normalized spacial score (nSPS) is 22.4. The Morgan fingerprint density at radius 3 is 2.81 bits per heavy atom. The Labute approximate surface area is 97.9 Å². The molecule has 0 bridgehead atoms. The summed E-state index contributed by atoms with van der Waals surface area (Å²) in [6.07, 6.45) is 3.21. The van der Waals surface area contributed by atoms with Gasteiger partial charge in [-0.3, -0.25) is 0 Å². The number of benzene rings is 1. The van der Waals surface area contributed by atoms with Crippen LogP contribution in [0.1, 0.15) is 26.2 Å². The maximum atomic E-state index is 9.28. The second kappa shape index (κ2) is 5.35. The molecule has 1 aromatic carbocycles. The first-order chi connectivity index (χ1) is 7.75.